The predicted octanol–water partition coefficient (Wildman–Crippen LogP) is 3.09. The molecule has 0 bridgehead atoms. The molecular weight excluding hydrogens is 262 g/mol. The van der Waals surface area contributed by atoms with Crippen molar-refractivity contribution in [2.24, 2.45) is 0 Å². The van der Waals surface area contributed by atoms with Crippen LogP contribution in [0.15, 0.2) is 12.1 Å². The Morgan fingerprint density at radius 3 is 2.55 bits per heavy atom. The van der Waals surface area contributed by atoms with Gasteiger partial charge in [0.25, 0.3) is 0 Å². The van der Waals surface area contributed by atoms with Gasteiger partial charge in [-0.2, -0.15) is 0 Å². The van der Waals surface area contributed by atoms with E-state index in [2.05, 4.69) is 5.32 Å². The van der Waals surface area contributed by atoms with Gasteiger partial charge in [0.05, 0.1) is 0 Å². The first kappa shape index (κ1) is 14.8. The van der Waals surface area contributed by atoms with E-state index >= 15 is 0 Å². The number of halogens is 2. The molecule has 5 heteroatoms. The summed E-state index contributed by atoms with van der Waals surface area (Å²) in [7, 11) is 0. The summed E-state index contributed by atoms with van der Waals surface area (Å²) in [6.07, 6.45) is 3.12. The first-order valence-corrected chi connectivity index (χ1v) is 7.00. The van der Waals surface area contributed by atoms with Crippen LogP contribution in [0.2, 0.25) is 0 Å². The van der Waals surface area contributed by atoms with Gasteiger partial charge in [-0.15, -0.1) is 0 Å². The van der Waals surface area contributed by atoms with E-state index in [0.717, 1.165) is 32.4 Å². The van der Waals surface area contributed by atoms with Crippen LogP contribution in [0, 0.1) is 18.6 Å². The second-order valence-electron chi connectivity index (χ2n) is 5.31. The summed E-state index contributed by atoms with van der Waals surface area (Å²) in [4.78, 5) is 14.0. The van der Waals surface area contributed by atoms with Crippen LogP contribution >= 0.6 is 0 Å². The highest BCUT2D eigenvalue weighted by atomic mass is 19.1. The molecule has 1 aromatic carbocycles. The Bertz CT molecular complexity index is 499. The third kappa shape index (κ3) is 3.08. The Balaban J connectivity index is 2.09. The molecule has 1 aliphatic rings. The fourth-order valence-corrected chi connectivity index (χ4v) is 2.46. The van der Waals surface area contributed by atoms with Gasteiger partial charge in [-0.3, -0.25) is 4.79 Å². The summed E-state index contributed by atoms with van der Waals surface area (Å²) in [6.45, 7) is 4.66. The van der Waals surface area contributed by atoms with Gasteiger partial charge in [-0.25, -0.2) is 8.78 Å². The number of nitrogens with zero attached hydrogens (tertiary/aromatic N) is 1. The van der Waals surface area contributed by atoms with E-state index in [1.165, 1.54) is 12.1 Å². The Morgan fingerprint density at radius 2 is 1.90 bits per heavy atom. The van der Waals surface area contributed by atoms with Crippen molar-refractivity contribution >= 4 is 11.6 Å². The lowest BCUT2D eigenvalue weighted by Crippen LogP contribution is -2.44. The number of carbonyl (C=O) groups excluding carboxylic acids is 1. The lowest BCUT2D eigenvalue weighted by Gasteiger charge is -2.30. The third-order valence-corrected chi connectivity index (χ3v) is 3.68. The molecule has 1 aromatic rings. The van der Waals surface area contributed by atoms with Gasteiger partial charge in [-0.1, -0.05) is 6.07 Å². The average molecular weight is 282 g/mol. The molecule has 0 aromatic heterocycles. The van der Waals surface area contributed by atoms with Gasteiger partial charge in [0.15, 0.2) is 5.82 Å². The predicted molar refractivity (Wildman–Crippen MR) is 74.6 cm³/mol. The summed E-state index contributed by atoms with van der Waals surface area (Å²) in [5.41, 5.74) is 0.134. The molecule has 1 N–H and O–H groups in total. The lowest BCUT2D eigenvalue weighted by atomic mass is 10.1. The highest BCUT2D eigenvalue weighted by Crippen LogP contribution is 2.23. The summed E-state index contributed by atoms with van der Waals surface area (Å²) in [5.74, 6) is -1.42. The summed E-state index contributed by atoms with van der Waals surface area (Å²) in [5, 5.41) is 2.68. The van der Waals surface area contributed by atoms with Crippen molar-refractivity contribution in [1.82, 2.24) is 4.90 Å². The smallest absolute Gasteiger partial charge is 0.244 e. The first-order valence-electron chi connectivity index (χ1n) is 7.00. The normalized spacial score (nSPS) is 16.9. The van der Waals surface area contributed by atoms with Crippen LogP contribution in [0.4, 0.5) is 14.5 Å². The molecule has 0 spiro atoms. The number of hydrogen-bond acceptors (Lipinski definition) is 2. The number of nitrogens with one attached hydrogen (secondary N) is 1. The summed E-state index contributed by atoms with van der Waals surface area (Å²) in [6, 6.07) is 1.95. The van der Waals surface area contributed by atoms with Crippen LogP contribution < -0.4 is 5.32 Å². The van der Waals surface area contributed by atoms with Crippen molar-refractivity contribution in [1.29, 1.82) is 0 Å². The van der Waals surface area contributed by atoms with E-state index in [0.29, 0.717) is 5.56 Å². The van der Waals surface area contributed by atoms with Crippen LogP contribution in [0.3, 0.4) is 0 Å². The summed E-state index contributed by atoms with van der Waals surface area (Å²) >= 11 is 0. The third-order valence-electron chi connectivity index (χ3n) is 3.68. The quantitative estimate of drug-likeness (QED) is 0.924. The summed E-state index contributed by atoms with van der Waals surface area (Å²) < 4.78 is 27.6. The number of hydrogen-bond donors (Lipinski definition) is 1. The Labute approximate surface area is 118 Å². The molecule has 0 saturated carbocycles. The van der Waals surface area contributed by atoms with Crippen molar-refractivity contribution < 1.29 is 13.6 Å². The lowest BCUT2D eigenvalue weighted by molar-refractivity contribution is -0.132. The standard InChI is InChI=1S/C15H20F2N2O/c1-10-6-7-12(16)14(13(10)17)18-11(2)15(20)19-8-4-3-5-9-19/h6-7,11,18H,3-5,8-9H2,1-2H3. The van der Waals surface area contributed by atoms with Gasteiger partial charge >= 0.3 is 0 Å². The topological polar surface area (TPSA) is 32.3 Å². The highest BCUT2D eigenvalue weighted by Gasteiger charge is 2.24. The van der Waals surface area contributed by atoms with Gasteiger partial charge < -0.3 is 10.2 Å². The maximum Gasteiger partial charge on any atom is 0.244 e. The van der Waals surface area contributed by atoms with E-state index in [-0.39, 0.29) is 11.6 Å². The second-order valence-corrected chi connectivity index (χ2v) is 5.31. The minimum Gasteiger partial charge on any atom is -0.369 e. The van der Waals surface area contributed by atoms with Crippen LogP contribution in [0.25, 0.3) is 0 Å². The molecule has 1 atom stereocenters. The molecule has 20 heavy (non-hydrogen) atoms. The number of aryl methyl sites for hydroxylation is 1. The SMILES string of the molecule is Cc1ccc(F)c(NC(C)C(=O)N2CCCCC2)c1F. The molecule has 0 aliphatic carbocycles. The molecule has 3 nitrogen and oxygen atoms in total. The number of likely N-dealkylation sites (tertiary alicyclic amines) is 1. The van der Waals surface area contributed by atoms with E-state index in [9.17, 15) is 13.6 Å². The van der Waals surface area contributed by atoms with Crippen LogP contribution in [-0.2, 0) is 4.79 Å². The zero-order valence-corrected chi connectivity index (χ0v) is 11.9. The van der Waals surface area contributed by atoms with Gasteiger partial charge in [-0.05, 0) is 44.7 Å². The highest BCUT2D eigenvalue weighted by molar-refractivity contribution is 5.84. The Kier molecular flexibility index (Phi) is 4.57. The number of rotatable bonds is 3. The van der Waals surface area contributed by atoms with Gasteiger partial charge in [0.2, 0.25) is 5.91 Å². The molecule has 1 unspecified atom stereocenters. The number of anilines is 1. The zero-order valence-electron chi connectivity index (χ0n) is 11.9. The molecule has 1 fully saturated rings. The Morgan fingerprint density at radius 1 is 1.25 bits per heavy atom. The minimum atomic E-state index is -0.675. The fraction of sp³-hybridized carbons (Fsp3) is 0.533. The number of benzene rings is 1. The minimum absolute atomic E-state index is 0.106. The second kappa shape index (κ2) is 6.20. The van der Waals surface area contributed by atoms with E-state index < -0.39 is 17.7 Å². The van der Waals surface area contributed by atoms with Crippen molar-refractivity contribution in [3.8, 4) is 0 Å². The molecule has 1 heterocycles. The van der Waals surface area contributed by atoms with E-state index in [1.54, 1.807) is 18.7 Å². The van der Waals surface area contributed by atoms with Gasteiger partial charge in [0, 0.05) is 13.1 Å². The molecule has 2 rings (SSSR count). The van der Waals surface area contributed by atoms with Crippen molar-refractivity contribution in [3.63, 3.8) is 0 Å². The molecule has 110 valence electrons. The van der Waals surface area contributed by atoms with Gasteiger partial charge in [0.1, 0.15) is 17.5 Å². The zero-order chi connectivity index (χ0) is 14.7. The van der Waals surface area contributed by atoms with Crippen LogP contribution in [-0.4, -0.2) is 29.9 Å². The van der Waals surface area contributed by atoms with Crippen LogP contribution in [0.5, 0.6) is 0 Å². The monoisotopic (exact) mass is 282 g/mol. The Hall–Kier alpha value is -1.65. The first-order chi connectivity index (χ1) is 9.50. The van der Waals surface area contributed by atoms with Crippen molar-refractivity contribution in [3.05, 3.63) is 29.3 Å². The average Bonchev–Trinajstić information content (AvgIpc) is 2.47. The largest absolute Gasteiger partial charge is 0.369 e. The maximum absolute atomic E-state index is 13.9. The van der Waals surface area contributed by atoms with E-state index in [1.807, 2.05) is 0 Å². The van der Waals surface area contributed by atoms with Crippen LogP contribution in [0.1, 0.15) is 31.7 Å². The molecular formula is C15H20F2N2O. The number of piperidine rings is 1. The fourth-order valence-electron chi connectivity index (χ4n) is 2.46. The van der Waals surface area contributed by atoms with Crippen molar-refractivity contribution in [2.45, 2.75) is 39.2 Å². The van der Waals surface area contributed by atoms with E-state index in [4.69, 9.17) is 0 Å². The molecule has 1 saturated heterocycles. The molecule has 1 aliphatic heterocycles. The molecule has 1 amide bonds. The maximum atomic E-state index is 13.9. The number of amides is 1. The van der Waals surface area contributed by atoms with Crippen molar-refractivity contribution in [2.75, 3.05) is 18.4 Å². The molecule has 0 radical (unpaired) electrons. The number of carbonyl (C=O) groups is 1.